The zero-order chi connectivity index (χ0) is 14.1. The van der Waals surface area contributed by atoms with E-state index < -0.39 is 0 Å². The molecule has 0 saturated heterocycles. The minimum atomic E-state index is -0.332. The number of nitrogens with one attached hydrogen (secondary N) is 1. The predicted molar refractivity (Wildman–Crippen MR) is 83.3 cm³/mol. The van der Waals surface area contributed by atoms with Gasteiger partial charge in [0.05, 0.1) is 11.3 Å². The average Bonchev–Trinajstić information content (AvgIpc) is 2.86. The Morgan fingerprint density at radius 2 is 2.00 bits per heavy atom. The summed E-state index contributed by atoms with van der Waals surface area (Å²) in [7, 11) is 0. The van der Waals surface area contributed by atoms with Gasteiger partial charge in [0.2, 0.25) is 0 Å². The van der Waals surface area contributed by atoms with Crippen LogP contribution in [0.1, 0.15) is 10.4 Å². The highest BCUT2D eigenvalue weighted by Crippen LogP contribution is 2.24. The van der Waals surface area contributed by atoms with Crippen molar-refractivity contribution in [2.24, 2.45) is 0 Å². The van der Waals surface area contributed by atoms with Gasteiger partial charge in [0, 0.05) is 8.96 Å². The quantitative estimate of drug-likeness (QED) is 0.668. The molecule has 0 bridgehead atoms. The predicted octanol–water partition coefficient (Wildman–Crippen LogP) is 4.43. The zero-order valence-electron chi connectivity index (χ0n) is 10.2. The van der Waals surface area contributed by atoms with Crippen molar-refractivity contribution in [3.8, 4) is 0 Å². The Balaban J connectivity index is 1.93. The number of carbonyl (C=O) groups is 1. The van der Waals surface area contributed by atoms with Gasteiger partial charge >= 0.3 is 0 Å². The lowest BCUT2D eigenvalue weighted by molar-refractivity contribution is 0.102. The van der Waals surface area contributed by atoms with E-state index in [1.165, 1.54) is 24.5 Å². The Kier molecular flexibility index (Phi) is 3.43. The van der Waals surface area contributed by atoms with Crippen LogP contribution in [0, 0.1) is 9.39 Å². The lowest BCUT2D eigenvalue weighted by atomic mass is 10.1. The molecule has 20 heavy (non-hydrogen) atoms. The number of hydrogen-bond donors (Lipinski definition) is 1. The number of amides is 1. The second-order valence-corrected chi connectivity index (χ2v) is 5.39. The van der Waals surface area contributed by atoms with Gasteiger partial charge in [-0.05, 0) is 46.9 Å². The first-order chi connectivity index (χ1) is 9.65. The van der Waals surface area contributed by atoms with Gasteiger partial charge in [-0.2, -0.15) is 0 Å². The lowest BCUT2D eigenvalue weighted by Crippen LogP contribution is -2.12. The Morgan fingerprint density at radius 1 is 1.20 bits per heavy atom. The average molecular weight is 381 g/mol. The van der Waals surface area contributed by atoms with E-state index in [0.717, 1.165) is 5.39 Å². The maximum absolute atomic E-state index is 13.0. The van der Waals surface area contributed by atoms with E-state index in [9.17, 15) is 9.18 Å². The van der Waals surface area contributed by atoms with Gasteiger partial charge in [-0.25, -0.2) is 4.39 Å². The Hall–Kier alpha value is -1.89. The molecular weight excluding hydrogens is 372 g/mol. The van der Waals surface area contributed by atoms with Crippen molar-refractivity contribution in [1.29, 1.82) is 0 Å². The van der Waals surface area contributed by atoms with Crippen LogP contribution in [-0.4, -0.2) is 5.91 Å². The summed E-state index contributed by atoms with van der Waals surface area (Å²) in [5, 5.41) is 3.51. The van der Waals surface area contributed by atoms with Crippen LogP contribution in [-0.2, 0) is 0 Å². The number of benzene rings is 2. The van der Waals surface area contributed by atoms with E-state index in [4.69, 9.17) is 4.42 Å². The molecule has 1 amide bonds. The number of hydrogen-bond acceptors (Lipinski definition) is 2. The minimum Gasteiger partial charge on any atom is -0.463 e. The number of halogens is 2. The van der Waals surface area contributed by atoms with Crippen LogP contribution in [0.5, 0.6) is 0 Å². The summed E-state index contributed by atoms with van der Waals surface area (Å²) in [6, 6.07) is 11.5. The van der Waals surface area contributed by atoms with E-state index in [2.05, 4.69) is 5.32 Å². The van der Waals surface area contributed by atoms with Gasteiger partial charge in [-0.1, -0.05) is 18.2 Å². The fourth-order valence-corrected chi connectivity index (χ4v) is 2.55. The third kappa shape index (κ3) is 2.40. The van der Waals surface area contributed by atoms with Crippen LogP contribution in [0.3, 0.4) is 0 Å². The van der Waals surface area contributed by atoms with E-state index >= 15 is 0 Å². The van der Waals surface area contributed by atoms with Crippen molar-refractivity contribution in [1.82, 2.24) is 0 Å². The Labute approximate surface area is 127 Å². The summed E-state index contributed by atoms with van der Waals surface area (Å²) in [5.74, 6) is -0.611. The topological polar surface area (TPSA) is 42.2 Å². The smallest absolute Gasteiger partial charge is 0.259 e. The molecular formula is C15H9FINO2. The molecule has 0 atom stereocenters. The molecule has 1 N–H and O–H groups in total. The number of carbonyl (C=O) groups excluding carboxylic acids is 1. The number of furan rings is 1. The standard InChI is InChI=1S/C15H9FINO2/c16-9-5-6-13(12(17)7-9)18-15(19)11-8-20-14-4-2-1-3-10(11)14/h1-8H,(H,18,19). The molecule has 100 valence electrons. The zero-order valence-corrected chi connectivity index (χ0v) is 12.3. The van der Waals surface area contributed by atoms with E-state index in [0.29, 0.717) is 20.4 Å². The third-order valence-electron chi connectivity index (χ3n) is 2.90. The third-order valence-corrected chi connectivity index (χ3v) is 3.80. The first-order valence-electron chi connectivity index (χ1n) is 5.88. The molecule has 1 aromatic heterocycles. The number of fused-ring (bicyclic) bond motifs is 1. The molecule has 3 aromatic rings. The van der Waals surface area contributed by atoms with Crippen molar-refractivity contribution in [3.63, 3.8) is 0 Å². The Bertz CT molecular complexity index is 797. The van der Waals surface area contributed by atoms with Crippen LogP contribution >= 0.6 is 22.6 Å². The summed E-state index contributed by atoms with van der Waals surface area (Å²) >= 11 is 1.98. The second kappa shape index (κ2) is 5.24. The summed E-state index contributed by atoms with van der Waals surface area (Å²) in [5.41, 5.74) is 1.69. The molecule has 0 radical (unpaired) electrons. The van der Waals surface area contributed by atoms with E-state index in [1.807, 2.05) is 40.8 Å². The molecule has 0 aliphatic rings. The van der Waals surface area contributed by atoms with Crippen molar-refractivity contribution in [2.45, 2.75) is 0 Å². The van der Waals surface area contributed by atoms with E-state index in [-0.39, 0.29) is 11.7 Å². The largest absolute Gasteiger partial charge is 0.463 e. The molecule has 3 rings (SSSR count). The van der Waals surface area contributed by atoms with Gasteiger partial charge < -0.3 is 9.73 Å². The lowest BCUT2D eigenvalue weighted by Gasteiger charge is -2.06. The molecule has 0 aliphatic heterocycles. The van der Waals surface area contributed by atoms with Crippen LogP contribution in [0.2, 0.25) is 0 Å². The van der Waals surface area contributed by atoms with Gasteiger partial charge in [0.1, 0.15) is 17.7 Å². The van der Waals surface area contributed by atoms with Crippen LogP contribution < -0.4 is 5.32 Å². The first-order valence-corrected chi connectivity index (χ1v) is 6.95. The van der Waals surface area contributed by atoms with Gasteiger partial charge in [0.25, 0.3) is 5.91 Å². The highest BCUT2D eigenvalue weighted by molar-refractivity contribution is 14.1. The highest BCUT2D eigenvalue weighted by atomic mass is 127. The van der Waals surface area contributed by atoms with Gasteiger partial charge in [-0.3, -0.25) is 4.79 Å². The number of rotatable bonds is 2. The van der Waals surface area contributed by atoms with Gasteiger partial charge in [-0.15, -0.1) is 0 Å². The molecule has 0 saturated carbocycles. The summed E-state index contributed by atoms with van der Waals surface area (Å²) in [4.78, 5) is 12.3. The molecule has 0 unspecified atom stereocenters. The number of anilines is 1. The minimum absolute atomic E-state index is 0.278. The fraction of sp³-hybridized carbons (Fsp3) is 0. The van der Waals surface area contributed by atoms with Crippen molar-refractivity contribution in [2.75, 3.05) is 5.32 Å². The first kappa shape index (κ1) is 13.1. The van der Waals surface area contributed by atoms with Crippen molar-refractivity contribution in [3.05, 3.63) is 63.7 Å². The van der Waals surface area contributed by atoms with Crippen molar-refractivity contribution >= 4 is 45.2 Å². The van der Waals surface area contributed by atoms with E-state index in [1.54, 1.807) is 6.07 Å². The maximum Gasteiger partial charge on any atom is 0.259 e. The summed E-state index contributed by atoms with van der Waals surface area (Å²) < 4.78 is 19.0. The van der Waals surface area contributed by atoms with Crippen LogP contribution in [0.25, 0.3) is 11.0 Å². The fourth-order valence-electron chi connectivity index (χ4n) is 1.93. The summed E-state index contributed by atoms with van der Waals surface area (Å²) in [6.45, 7) is 0. The van der Waals surface area contributed by atoms with Crippen LogP contribution in [0.4, 0.5) is 10.1 Å². The molecule has 0 spiro atoms. The molecule has 5 heteroatoms. The van der Waals surface area contributed by atoms with Crippen LogP contribution in [0.15, 0.2) is 53.1 Å². The van der Waals surface area contributed by atoms with Crippen molar-refractivity contribution < 1.29 is 13.6 Å². The molecule has 0 aliphatic carbocycles. The maximum atomic E-state index is 13.0. The van der Waals surface area contributed by atoms with Gasteiger partial charge in [0.15, 0.2) is 0 Å². The normalized spacial score (nSPS) is 10.7. The SMILES string of the molecule is O=C(Nc1ccc(F)cc1I)c1coc2ccccc12. The molecule has 3 nitrogen and oxygen atoms in total. The Morgan fingerprint density at radius 3 is 2.80 bits per heavy atom. The molecule has 1 heterocycles. The second-order valence-electron chi connectivity index (χ2n) is 4.22. The molecule has 2 aromatic carbocycles. The monoisotopic (exact) mass is 381 g/mol. The number of para-hydroxylation sites is 1. The molecule has 0 fully saturated rings. The highest BCUT2D eigenvalue weighted by Gasteiger charge is 2.14. The summed E-state index contributed by atoms with van der Waals surface area (Å²) in [6.07, 6.45) is 1.43.